The Bertz CT molecular complexity index is 646. The van der Waals surface area contributed by atoms with Crippen LogP contribution in [-0.4, -0.2) is 29.8 Å². The van der Waals surface area contributed by atoms with Gasteiger partial charge in [0.25, 0.3) is 5.91 Å². The zero-order valence-corrected chi connectivity index (χ0v) is 13.2. The SMILES string of the molecule is O=C(c1ccc(NC(=O)C23CC2C3)cc1Cl)N1CCCCC1. The van der Waals surface area contributed by atoms with Gasteiger partial charge in [-0.05, 0) is 56.2 Å². The summed E-state index contributed by atoms with van der Waals surface area (Å²) in [6.45, 7) is 1.61. The quantitative estimate of drug-likeness (QED) is 0.929. The van der Waals surface area contributed by atoms with Crippen molar-refractivity contribution in [2.24, 2.45) is 11.3 Å². The van der Waals surface area contributed by atoms with Gasteiger partial charge in [-0.2, -0.15) is 0 Å². The molecule has 3 fully saturated rings. The molecule has 0 atom stereocenters. The Labute approximate surface area is 134 Å². The normalized spacial score (nSPS) is 28.8. The number of hydrogen-bond donors (Lipinski definition) is 1. The lowest BCUT2D eigenvalue weighted by molar-refractivity contribution is -0.119. The molecule has 1 heterocycles. The molecule has 2 saturated carbocycles. The Hall–Kier alpha value is -1.55. The molecule has 1 aromatic rings. The number of rotatable bonds is 3. The first-order valence-electron chi connectivity index (χ1n) is 8.00. The van der Waals surface area contributed by atoms with Crippen LogP contribution in [0.3, 0.4) is 0 Å². The molecule has 0 aromatic heterocycles. The van der Waals surface area contributed by atoms with E-state index in [9.17, 15) is 9.59 Å². The van der Waals surface area contributed by atoms with Gasteiger partial charge in [-0.1, -0.05) is 11.6 Å². The number of benzene rings is 1. The zero-order valence-electron chi connectivity index (χ0n) is 12.4. The Morgan fingerprint density at radius 3 is 2.45 bits per heavy atom. The largest absolute Gasteiger partial charge is 0.339 e. The minimum Gasteiger partial charge on any atom is -0.339 e. The molecule has 0 radical (unpaired) electrons. The first-order valence-corrected chi connectivity index (χ1v) is 8.38. The van der Waals surface area contributed by atoms with Crippen LogP contribution in [0, 0.1) is 11.3 Å². The van der Waals surface area contributed by atoms with E-state index >= 15 is 0 Å². The van der Waals surface area contributed by atoms with Gasteiger partial charge in [0.15, 0.2) is 0 Å². The van der Waals surface area contributed by atoms with Crippen molar-refractivity contribution >= 4 is 29.1 Å². The topological polar surface area (TPSA) is 49.4 Å². The summed E-state index contributed by atoms with van der Waals surface area (Å²) in [5.41, 5.74) is 1.14. The minimum absolute atomic E-state index is 0.00869. The monoisotopic (exact) mass is 318 g/mol. The average Bonchev–Trinajstić information content (AvgIpc) is 3.37. The van der Waals surface area contributed by atoms with Gasteiger partial charge in [0.2, 0.25) is 5.91 Å². The fourth-order valence-electron chi connectivity index (χ4n) is 3.36. The maximum absolute atomic E-state index is 12.5. The highest BCUT2D eigenvalue weighted by atomic mass is 35.5. The molecule has 0 bridgehead atoms. The maximum atomic E-state index is 12.5. The zero-order chi connectivity index (χ0) is 15.3. The second kappa shape index (κ2) is 4.98. The predicted octanol–water partition coefficient (Wildman–Crippen LogP) is 3.31. The van der Waals surface area contributed by atoms with Crippen LogP contribution in [0.5, 0.6) is 0 Å². The van der Waals surface area contributed by atoms with Crippen molar-refractivity contribution in [2.75, 3.05) is 18.4 Å². The van der Waals surface area contributed by atoms with E-state index in [-0.39, 0.29) is 17.2 Å². The second-order valence-corrected chi connectivity index (χ2v) is 7.17. The fourth-order valence-corrected chi connectivity index (χ4v) is 3.62. The van der Waals surface area contributed by atoms with Crippen molar-refractivity contribution in [1.29, 1.82) is 0 Å². The molecule has 0 unspecified atom stereocenters. The van der Waals surface area contributed by atoms with Crippen LogP contribution in [0.2, 0.25) is 5.02 Å². The third-order valence-corrected chi connectivity index (χ3v) is 5.55. The molecule has 3 aliphatic rings. The summed E-state index contributed by atoms with van der Waals surface area (Å²) in [4.78, 5) is 26.4. The van der Waals surface area contributed by atoms with Crippen molar-refractivity contribution in [3.05, 3.63) is 28.8 Å². The van der Waals surface area contributed by atoms with Gasteiger partial charge in [0.1, 0.15) is 0 Å². The fraction of sp³-hybridized carbons (Fsp3) is 0.529. The van der Waals surface area contributed by atoms with Crippen molar-refractivity contribution in [3.63, 3.8) is 0 Å². The molecule has 2 aliphatic carbocycles. The number of carbonyl (C=O) groups excluding carboxylic acids is 2. The number of halogens is 1. The summed E-state index contributed by atoms with van der Waals surface area (Å²) in [5.74, 6) is 0.706. The van der Waals surface area contributed by atoms with Crippen LogP contribution >= 0.6 is 11.6 Å². The smallest absolute Gasteiger partial charge is 0.255 e. The van der Waals surface area contributed by atoms with Crippen molar-refractivity contribution in [1.82, 2.24) is 4.90 Å². The van der Waals surface area contributed by atoms with E-state index in [0.29, 0.717) is 22.2 Å². The van der Waals surface area contributed by atoms with E-state index in [4.69, 9.17) is 11.6 Å². The molecule has 1 aromatic carbocycles. The standard InChI is InChI=1S/C17H19ClN2O2/c18-14-8-12(19-16(22)17-9-11(17)10-17)4-5-13(14)15(21)20-6-2-1-3-7-20/h4-5,8,11H,1-3,6-7,9-10H2,(H,19,22). The molecule has 4 rings (SSSR count). The van der Waals surface area contributed by atoms with Gasteiger partial charge in [-0.15, -0.1) is 0 Å². The summed E-state index contributed by atoms with van der Waals surface area (Å²) < 4.78 is 0. The summed E-state index contributed by atoms with van der Waals surface area (Å²) in [5, 5.41) is 3.34. The third kappa shape index (κ3) is 2.30. The van der Waals surface area contributed by atoms with Gasteiger partial charge >= 0.3 is 0 Å². The molecule has 116 valence electrons. The summed E-state index contributed by atoms with van der Waals surface area (Å²) in [6.07, 6.45) is 5.35. The van der Waals surface area contributed by atoms with Crippen LogP contribution in [0.1, 0.15) is 42.5 Å². The Morgan fingerprint density at radius 2 is 1.86 bits per heavy atom. The number of likely N-dealkylation sites (tertiary alicyclic amines) is 1. The highest BCUT2D eigenvalue weighted by molar-refractivity contribution is 6.34. The number of fused-ring (bicyclic) bond motifs is 1. The number of carbonyl (C=O) groups is 2. The molecule has 22 heavy (non-hydrogen) atoms. The van der Waals surface area contributed by atoms with E-state index in [2.05, 4.69) is 5.32 Å². The van der Waals surface area contributed by atoms with E-state index in [1.54, 1.807) is 18.2 Å². The lowest BCUT2D eigenvalue weighted by Gasteiger charge is -2.27. The number of piperidine rings is 1. The molecular formula is C17H19ClN2O2. The second-order valence-electron chi connectivity index (χ2n) is 6.76. The molecule has 2 amide bonds. The van der Waals surface area contributed by atoms with Crippen molar-refractivity contribution in [3.8, 4) is 0 Å². The van der Waals surface area contributed by atoms with Gasteiger partial charge in [-0.3, -0.25) is 9.59 Å². The minimum atomic E-state index is -0.0607. The maximum Gasteiger partial charge on any atom is 0.255 e. The molecule has 0 spiro atoms. The number of anilines is 1. The summed E-state index contributed by atoms with van der Waals surface area (Å²) in [7, 11) is 0. The van der Waals surface area contributed by atoms with Crippen molar-refractivity contribution in [2.45, 2.75) is 32.1 Å². The van der Waals surface area contributed by atoms with E-state index in [1.165, 1.54) is 6.42 Å². The Morgan fingerprint density at radius 1 is 1.18 bits per heavy atom. The molecule has 4 nitrogen and oxygen atoms in total. The van der Waals surface area contributed by atoms with Gasteiger partial charge in [0.05, 0.1) is 16.0 Å². The molecule has 1 aliphatic heterocycles. The van der Waals surface area contributed by atoms with E-state index < -0.39 is 0 Å². The lowest BCUT2D eigenvalue weighted by Crippen LogP contribution is -2.35. The van der Waals surface area contributed by atoms with Crippen LogP contribution < -0.4 is 5.32 Å². The molecule has 1 N–H and O–H groups in total. The lowest BCUT2D eigenvalue weighted by atomic mass is 10.1. The Balaban J connectivity index is 1.47. The first-order chi connectivity index (χ1) is 10.6. The van der Waals surface area contributed by atoms with Crippen LogP contribution in [0.4, 0.5) is 5.69 Å². The van der Waals surface area contributed by atoms with E-state index in [1.807, 2.05) is 4.90 Å². The van der Waals surface area contributed by atoms with Gasteiger partial charge in [0, 0.05) is 18.8 Å². The summed E-state index contributed by atoms with van der Waals surface area (Å²) >= 11 is 6.27. The third-order valence-electron chi connectivity index (χ3n) is 5.24. The average molecular weight is 319 g/mol. The first kappa shape index (κ1) is 14.1. The predicted molar refractivity (Wildman–Crippen MR) is 85.0 cm³/mol. The molecule has 1 saturated heterocycles. The highest BCUT2D eigenvalue weighted by Crippen LogP contribution is 2.75. The van der Waals surface area contributed by atoms with Crippen LogP contribution in [0.25, 0.3) is 0 Å². The van der Waals surface area contributed by atoms with Crippen LogP contribution in [0.15, 0.2) is 18.2 Å². The number of nitrogens with zero attached hydrogens (tertiary/aromatic N) is 1. The van der Waals surface area contributed by atoms with Crippen molar-refractivity contribution < 1.29 is 9.59 Å². The Kier molecular flexibility index (Phi) is 3.19. The molecular weight excluding hydrogens is 300 g/mol. The molecule has 5 heteroatoms. The number of hydrogen-bond acceptors (Lipinski definition) is 2. The number of amides is 2. The number of nitrogens with one attached hydrogen (secondary N) is 1. The summed E-state index contributed by atoms with van der Waals surface area (Å²) in [6, 6.07) is 5.19. The van der Waals surface area contributed by atoms with Gasteiger partial charge < -0.3 is 10.2 Å². The van der Waals surface area contributed by atoms with E-state index in [0.717, 1.165) is 38.8 Å². The van der Waals surface area contributed by atoms with Crippen LogP contribution in [-0.2, 0) is 4.79 Å². The highest BCUT2D eigenvalue weighted by Gasteiger charge is 2.74. The van der Waals surface area contributed by atoms with Gasteiger partial charge in [-0.25, -0.2) is 0 Å².